The molecule has 136 valence electrons. The molecule has 1 saturated heterocycles. The van der Waals surface area contributed by atoms with Gasteiger partial charge in [-0.3, -0.25) is 0 Å². The van der Waals surface area contributed by atoms with E-state index in [1.165, 1.54) is 64.0 Å². The van der Waals surface area contributed by atoms with Crippen LogP contribution < -0.4 is 5.32 Å². The van der Waals surface area contributed by atoms with Gasteiger partial charge in [0.05, 0.1) is 6.54 Å². The lowest BCUT2D eigenvalue weighted by Gasteiger charge is -2.36. The Balaban J connectivity index is 0.00000169. The lowest BCUT2D eigenvalue weighted by atomic mass is 9.82. The van der Waals surface area contributed by atoms with Crippen molar-refractivity contribution >= 4 is 12.4 Å². The number of halogens is 1. The molecule has 0 spiro atoms. The van der Waals surface area contributed by atoms with Crippen molar-refractivity contribution in [2.75, 3.05) is 26.2 Å². The van der Waals surface area contributed by atoms with Crippen molar-refractivity contribution in [2.24, 2.45) is 11.8 Å². The monoisotopic (exact) mass is 353 g/mol. The van der Waals surface area contributed by atoms with Gasteiger partial charge in [0.1, 0.15) is 11.6 Å². The highest BCUT2D eigenvalue weighted by molar-refractivity contribution is 5.85. The fourth-order valence-electron chi connectivity index (χ4n) is 4.88. The summed E-state index contributed by atoms with van der Waals surface area (Å²) in [6.45, 7) is 9.23. The maximum Gasteiger partial charge on any atom is 0.147 e. The Morgan fingerprint density at radius 1 is 1.08 bits per heavy atom. The third kappa shape index (κ3) is 3.94. The zero-order valence-corrected chi connectivity index (χ0v) is 15.7. The van der Waals surface area contributed by atoms with Gasteiger partial charge in [0.15, 0.2) is 0 Å². The number of nitrogens with one attached hydrogen (secondary N) is 1. The van der Waals surface area contributed by atoms with E-state index in [-0.39, 0.29) is 12.4 Å². The molecule has 1 aliphatic carbocycles. The maximum atomic E-state index is 4.53. The molecule has 6 heteroatoms. The summed E-state index contributed by atoms with van der Waals surface area (Å²) in [6.07, 6.45) is 8.31. The first-order valence-corrected chi connectivity index (χ1v) is 9.64. The van der Waals surface area contributed by atoms with Crippen LogP contribution in [0.15, 0.2) is 0 Å². The van der Waals surface area contributed by atoms with Crippen molar-refractivity contribution in [3.8, 4) is 0 Å². The molecule has 1 saturated carbocycles. The third-order valence-corrected chi connectivity index (χ3v) is 6.17. The number of hydrogen-bond acceptors (Lipinski definition) is 4. The summed E-state index contributed by atoms with van der Waals surface area (Å²) in [5, 5.41) is 12.3. The highest BCUT2D eigenvalue weighted by Gasteiger charge is 2.28. The van der Waals surface area contributed by atoms with Gasteiger partial charge in [-0.25, -0.2) is 0 Å². The molecule has 0 radical (unpaired) electrons. The summed E-state index contributed by atoms with van der Waals surface area (Å²) in [6, 6.07) is 0. The van der Waals surface area contributed by atoms with Crippen molar-refractivity contribution in [1.82, 2.24) is 25.0 Å². The van der Waals surface area contributed by atoms with Crippen LogP contribution in [0.2, 0.25) is 0 Å². The van der Waals surface area contributed by atoms with Gasteiger partial charge >= 0.3 is 0 Å². The van der Waals surface area contributed by atoms with Crippen LogP contribution in [-0.2, 0) is 13.1 Å². The summed E-state index contributed by atoms with van der Waals surface area (Å²) >= 11 is 0. The van der Waals surface area contributed by atoms with Gasteiger partial charge in [0, 0.05) is 25.6 Å². The zero-order chi connectivity index (χ0) is 15.6. The van der Waals surface area contributed by atoms with E-state index in [1.54, 1.807) is 0 Å². The van der Waals surface area contributed by atoms with Gasteiger partial charge in [-0.2, -0.15) is 0 Å². The Kier molecular flexibility index (Phi) is 6.17. The molecule has 24 heavy (non-hydrogen) atoms. The highest BCUT2D eigenvalue weighted by atomic mass is 35.5. The number of hydrogen-bond donors (Lipinski definition) is 1. The SMILES string of the molecule is CC1CCCC(CN2CCC(c3nnc4n3CCNC4)CC2)C1.Cl. The van der Waals surface area contributed by atoms with Crippen molar-refractivity contribution < 1.29 is 0 Å². The summed E-state index contributed by atoms with van der Waals surface area (Å²) in [7, 11) is 0. The molecule has 1 aromatic heterocycles. The number of likely N-dealkylation sites (tertiary alicyclic amines) is 1. The van der Waals surface area contributed by atoms with E-state index in [0.29, 0.717) is 5.92 Å². The van der Waals surface area contributed by atoms with Gasteiger partial charge in [0.25, 0.3) is 0 Å². The second-order valence-electron chi connectivity index (χ2n) is 8.02. The van der Waals surface area contributed by atoms with Crippen LogP contribution in [-0.4, -0.2) is 45.8 Å². The Labute approximate surface area is 152 Å². The number of fused-ring (bicyclic) bond motifs is 1. The molecule has 3 aliphatic rings. The van der Waals surface area contributed by atoms with Gasteiger partial charge in [0.2, 0.25) is 0 Å². The molecule has 3 heterocycles. The number of aromatic nitrogens is 3. The first-order valence-electron chi connectivity index (χ1n) is 9.64. The predicted molar refractivity (Wildman–Crippen MR) is 98.5 cm³/mol. The fraction of sp³-hybridized carbons (Fsp3) is 0.889. The maximum absolute atomic E-state index is 4.53. The van der Waals surface area contributed by atoms with E-state index in [0.717, 1.165) is 37.3 Å². The third-order valence-electron chi connectivity index (χ3n) is 6.17. The summed E-state index contributed by atoms with van der Waals surface area (Å²) < 4.78 is 2.37. The van der Waals surface area contributed by atoms with Crippen LogP contribution in [0, 0.1) is 11.8 Å². The number of piperidine rings is 1. The van der Waals surface area contributed by atoms with E-state index >= 15 is 0 Å². The average Bonchev–Trinajstić information content (AvgIpc) is 3.00. The molecule has 2 atom stereocenters. The van der Waals surface area contributed by atoms with Crippen LogP contribution in [0.5, 0.6) is 0 Å². The number of rotatable bonds is 3. The molecule has 2 aliphatic heterocycles. The molecule has 1 aromatic rings. The van der Waals surface area contributed by atoms with Crippen molar-refractivity contribution in [3.63, 3.8) is 0 Å². The molecular formula is C18H32ClN5. The lowest BCUT2D eigenvalue weighted by molar-refractivity contribution is 0.148. The minimum absolute atomic E-state index is 0. The van der Waals surface area contributed by atoms with E-state index in [9.17, 15) is 0 Å². The van der Waals surface area contributed by atoms with E-state index < -0.39 is 0 Å². The van der Waals surface area contributed by atoms with Gasteiger partial charge < -0.3 is 14.8 Å². The highest BCUT2D eigenvalue weighted by Crippen LogP contribution is 2.32. The Morgan fingerprint density at radius 2 is 1.92 bits per heavy atom. The Morgan fingerprint density at radius 3 is 2.71 bits per heavy atom. The molecule has 1 N–H and O–H groups in total. The lowest BCUT2D eigenvalue weighted by Crippen LogP contribution is -2.38. The van der Waals surface area contributed by atoms with Crippen molar-refractivity contribution in [2.45, 2.75) is 64.5 Å². The molecule has 2 fully saturated rings. The number of nitrogens with zero attached hydrogens (tertiary/aromatic N) is 4. The quantitative estimate of drug-likeness (QED) is 0.907. The first kappa shape index (κ1) is 18.2. The molecular weight excluding hydrogens is 322 g/mol. The first-order chi connectivity index (χ1) is 11.3. The average molecular weight is 354 g/mol. The normalized spacial score (nSPS) is 29.0. The standard InChI is InChI=1S/C18H31N5.ClH/c1-14-3-2-4-15(11-14)13-22-8-5-16(6-9-22)18-21-20-17-12-19-7-10-23(17)18;/h14-16,19H,2-13H2,1H3;1H. The molecule has 0 amide bonds. The van der Waals surface area contributed by atoms with E-state index in [2.05, 4.69) is 31.9 Å². The largest absolute Gasteiger partial charge is 0.312 e. The second-order valence-corrected chi connectivity index (χ2v) is 8.02. The molecule has 4 rings (SSSR count). The van der Waals surface area contributed by atoms with Crippen LogP contribution in [0.3, 0.4) is 0 Å². The molecule has 0 bridgehead atoms. The van der Waals surface area contributed by atoms with Crippen LogP contribution in [0.1, 0.15) is 63.0 Å². The molecule has 2 unspecified atom stereocenters. The summed E-state index contributed by atoms with van der Waals surface area (Å²) in [5.74, 6) is 4.90. The van der Waals surface area contributed by atoms with Gasteiger partial charge in [-0.15, -0.1) is 22.6 Å². The topological polar surface area (TPSA) is 46.0 Å². The Hall–Kier alpha value is -0.650. The fourth-order valence-corrected chi connectivity index (χ4v) is 4.88. The minimum Gasteiger partial charge on any atom is -0.312 e. The van der Waals surface area contributed by atoms with Crippen LogP contribution in [0.4, 0.5) is 0 Å². The summed E-state index contributed by atoms with van der Waals surface area (Å²) in [4.78, 5) is 2.72. The Bertz CT molecular complexity index is 523. The van der Waals surface area contributed by atoms with Crippen molar-refractivity contribution in [3.05, 3.63) is 11.6 Å². The summed E-state index contributed by atoms with van der Waals surface area (Å²) in [5.41, 5.74) is 0. The van der Waals surface area contributed by atoms with E-state index in [4.69, 9.17) is 0 Å². The van der Waals surface area contributed by atoms with Gasteiger partial charge in [-0.1, -0.05) is 19.8 Å². The molecule has 5 nitrogen and oxygen atoms in total. The molecule has 0 aromatic carbocycles. The zero-order valence-electron chi connectivity index (χ0n) is 14.9. The second kappa shape index (κ2) is 8.15. The smallest absolute Gasteiger partial charge is 0.147 e. The van der Waals surface area contributed by atoms with Gasteiger partial charge in [-0.05, 0) is 50.6 Å². The van der Waals surface area contributed by atoms with E-state index in [1.807, 2.05) is 0 Å². The predicted octanol–water partition coefficient (Wildman–Crippen LogP) is 2.81. The minimum atomic E-state index is 0. The van der Waals surface area contributed by atoms with Crippen LogP contribution >= 0.6 is 12.4 Å². The van der Waals surface area contributed by atoms with Crippen LogP contribution in [0.25, 0.3) is 0 Å². The van der Waals surface area contributed by atoms with Crippen molar-refractivity contribution in [1.29, 1.82) is 0 Å².